The minimum Gasteiger partial charge on any atom is -0.480 e. The Morgan fingerprint density at radius 3 is 2.74 bits per heavy atom. The van der Waals surface area contributed by atoms with Gasteiger partial charge in [0.05, 0.1) is 10.2 Å². The van der Waals surface area contributed by atoms with E-state index in [0.29, 0.717) is 22.5 Å². The fourth-order valence-corrected chi connectivity index (χ4v) is 3.97. The highest BCUT2D eigenvalue weighted by Crippen LogP contribution is 2.31. The van der Waals surface area contributed by atoms with E-state index in [0.717, 1.165) is 28.0 Å². The molecule has 2 unspecified atom stereocenters. The molecule has 1 heterocycles. The molecule has 0 aliphatic rings. The van der Waals surface area contributed by atoms with Gasteiger partial charge < -0.3 is 4.74 Å². The first-order chi connectivity index (χ1) is 13.0. The Labute approximate surface area is 168 Å². The van der Waals surface area contributed by atoms with Crippen LogP contribution in [-0.4, -0.2) is 17.0 Å². The summed E-state index contributed by atoms with van der Waals surface area (Å²) in [5.74, 6) is 0.947. The maximum atomic E-state index is 12.7. The summed E-state index contributed by atoms with van der Waals surface area (Å²) >= 11 is 7.42. The third-order valence-electron chi connectivity index (χ3n) is 4.58. The zero-order chi connectivity index (χ0) is 19.4. The van der Waals surface area contributed by atoms with Crippen molar-refractivity contribution in [1.29, 1.82) is 0 Å². The van der Waals surface area contributed by atoms with Gasteiger partial charge in [0.2, 0.25) is 0 Å². The molecule has 3 rings (SSSR count). The SMILES string of the molecule is CCC(Oc1ccccc1C(C)CC)C(=O)Nc1nc2ccc(Cl)cc2s1. The highest BCUT2D eigenvalue weighted by Gasteiger charge is 2.22. The molecule has 2 aromatic carbocycles. The number of anilines is 1. The van der Waals surface area contributed by atoms with Crippen LogP contribution < -0.4 is 10.1 Å². The maximum Gasteiger partial charge on any atom is 0.267 e. The van der Waals surface area contributed by atoms with Gasteiger partial charge in [0.15, 0.2) is 11.2 Å². The van der Waals surface area contributed by atoms with E-state index < -0.39 is 6.10 Å². The van der Waals surface area contributed by atoms with Crippen LogP contribution in [-0.2, 0) is 4.79 Å². The normalized spacial score (nSPS) is 13.3. The van der Waals surface area contributed by atoms with E-state index in [1.165, 1.54) is 11.3 Å². The fourth-order valence-electron chi connectivity index (χ4n) is 2.83. The number of halogens is 1. The minimum absolute atomic E-state index is 0.193. The van der Waals surface area contributed by atoms with Crippen molar-refractivity contribution in [3.63, 3.8) is 0 Å². The first-order valence-corrected chi connectivity index (χ1v) is 10.3. The summed E-state index contributed by atoms with van der Waals surface area (Å²) in [5, 5.41) is 4.09. The molecule has 142 valence electrons. The van der Waals surface area contributed by atoms with Crippen LogP contribution in [0.1, 0.15) is 45.1 Å². The Morgan fingerprint density at radius 1 is 1.22 bits per heavy atom. The Hall–Kier alpha value is -2.11. The van der Waals surface area contributed by atoms with Crippen LogP contribution in [0.5, 0.6) is 5.75 Å². The average molecular weight is 403 g/mol. The maximum absolute atomic E-state index is 12.7. The Morgan fingerprint density at radius 2 is 2.00 bits per heavy atom. The van der Waals surface area contributed by atoms with Gasteiger partial charge in [-0.3, -0.25) is 10.1 Å². The number of fused-ring (bicyclic) bond motifs is 1. The van der Waals surface area contributed by atoms with Crippen molar-refractivity contribution >= 4 is 44.2 Å². The lowest BCUT2D eigenvalue weighted by molar-refractivity contribution is -0.122. The summed E-state index contributed by atoms with van der Waals surface area (Å²) in [7, 11) is 0. The summed E-state index contributed by atoms with van der Waals surface area (Å²) < 4.78 is 7.03. The topological polar surface area (TPSA) is 51.2 Å². The predicted octanol–water partition coefficient (Wildman–Crippen LogP) is 6.26. The predicted molar refractivity (Wildman–Crippen MR) is 113 cm³/mol. The Kier molecular flexibility index (Phi) is 6.34. The Balaban J connectivity index is 1.76. The molecule has 3 aromatic rings. The van der Waals surface area contributed by atoms with Crippen molar-refractivity contribution in [2.24, 2.45) is 0 Å². The van der Waals surface area contributed by atoms with Crippen LogP contribution in [0.2, 0.25) is 5.02 Å². The summed E-state index contributed by atoms with van der Waals surface area (Å²) in [6, 6.07) is 13.4. The number of nitrogens with zero attached hydrogens (tertiary/aromatic N) is 1. The number of nitrogens with one attached hydrogen (secondary N) is 1. The molecule has 0 aliphatic carbocycles. The smallest absolute Gasteiger partial charge is 0.267 e. The van der Waals surface area contributed by atoms with Crippen molar-refractivity contribution in [3.8, 4) is 5.75 Å². The number of aromatic nitrogens is 1. The van der Waals surface area contributed by atoms with Gasteiger partial charge in [-0.25, -0.2) is 4.98 Å². The van der Waals surface area contributed by atoms with E-state index in [1.54, 1.807) is 6.07 Å². The second kappa shape index (κ2) is 8.72. The highest BCUT2D eigenvalue weighted by atomic mass is 35.5. The van der Waals surface area contributed by atoms with E-state index in [9.17, 15) is 4.79 Å². The standard InChI is InChI=1S/C21H23ClN2O2S/c1-4-13(3)15-8-6-7-9-18(15)26-17(5-2)20(25)24-21-23-16-11-10-14(22)12-19(16)27-21/h6-13,17H,4-5H2,1-3H3,(H,23,24,25). The lowest BCUT2D eigenvalue weighted by Crippen LogP contribution is -2.32. The molecule has 4 nitrogen and oxygen atoms in total. The van der Waals surface area contributed by atoms with Gasteiger partial charge in [-0.15, -0.1) is 0 Å². The lowest BCUT2D eigenvalue weighted by atomic mass is 9.98. The molecule has 0 fully saturated rings. The third kappa shape index (κ3) is 4.60. The number of amides is 1. The highest BCUT2D eigenvalue weighted by molar-refractivity contribution is 7.22. The molecule has 27 heavy (non-hydrogen) atoms. The van der Waals surface area contributed by atoms with Crippen molar-refractivity contribution < 1.29 is 9.53 Å². The second-order valence-electron chi connectivity index (χ2n) is 6.48. The van der Waals surface area contributed by atoms with Gasteiger partial charge in [-0.1, -0.05) is 61.9 Å². The number of hydrogen-bond acceptors (Lipinski definition) is 4. The molecule has 2 atom stereocenters. The lowest BCUT2D eigenvalue weighted by Gasteiger charge is -2.20. The number of carbonyl (C=O) groups excluding carboxylic acids is 1. The molecular formula is C21H23ClN2O2S. The molecule has 0 bridgehead atoms. The van der Waals surface area contributed by atoms with E-state index >= 15 is 0 Å². The summed E-state index contributed by atoms with van der Waals surface area (Å²) in [4.78, 5) is 17.2. The Bertz CT molecular complexity index is 941. The number of hydrogen-bond donors (Lipinski definition) is 1. The molecule has 1 N–H and O–H groups in total. The zero-order valence-electron chi connectivity index (χ0n) is 15.7. The number of benzene rings is 2. The van der Waals surface area contributed by atoms with Crippen LogP contribution in [0.3, 0.4) is 0 Å². The number of para-hydroxylation sites is 1. The van der Waals surface area contributed by atoms with Gasteiger partial charge >= 0.3 is 0 Å². The zero-order valence-corrected chi connectivity index (χ0v) is 17.2. The van der Waals surface area contributed by atoms with Crippen molar-refractivity contribution in [2.45, 2.75) is 45.6 Å². The number of carbonyl (C=O) groups is 1. The van der Waals surface area contributed by atoms with Crippen LogP contribution in [0.15, 0.2) is 42.5 Å². The van der Waals surface area contributed by atoms with Crippen molar-refractivity contribution in [1.82, 2.24) is 4.98 Å². The van der Waals surface area contributed by atoms with Gasteiger partial charge in [0.25, 0.3) is 5.91 Å². The van der Waals surface area contributed by atoms with Crippen molar-refractivity contribution in [3.05, 3.63) is 53.1 Å². The van der Waals surface area contributed by atoms with Crippen LogP contribution in [0.25, 0.3) is 10.2 Å². The molecule has 1 aromatic heterocycles. The second-order valence-corrected chi connectivity index (χ2v) is 7.95. The third-order valence-corrected chi connectivity index (χ3v) is 5.74. The fraction of sp³-hybridized carbons (Fsp3) is 0.333. The van der Waals surface area contributed by atoms with Gasteiger partial charge in [-0.05, 0) is 48.6 Å². The average Bonchev–Trinajstić information content (AvgIpc) is 3.06. The van der Waals surface area contributed by atoms with Crippen LogP contribution in [0, 0.1) is 0 Å². The van der Waals surface area contributed by atoms with E-state index in [2.05, 4.69) is 30.2 Å². The molecule has 0 radical (unpaired) electrons. The molecule has 0 saturated heterocycles. The van der Waals surface area contributed by atoms with Crippen LogP contribution >= 0.6 is 22.9 Å². The molecule has 1 amide bonds. The largest absolute Gasteiger partial charge is 0.480 e. The number of ether oxygens (including phenoxy) is 1. The van der Waals surface area contributed by atoms with Gasteiger partial charge in [-0.2, -0.15) is 0 Å². The number of rotatable bonds is 7. The first kappa shape index (κ1) is 19.6. The summed E-state index contributed by atoms with van der Waals surface area (Å²) in [6.45, 7) is 6.24. The van der Waals surface area contributed by atoms with Gasteiger partial charge in [0, 0.05) is 5.02 Å². The molecule has 0 spiro atoms. The molecule has 0 saturated carbocycles. The van der Waals surface area contributed by atoms with Gasteiger partial charge in [0.1, 0.15) is 5.75 Å². The van der Waals surface area contributed by atoms with Crippen LogP contribution in [0.4, 0.5) is 5.13 Å². The summed E-state index contributed by atoms with van der Waals surface area (Å²) in [6.07, 6.45) is 1.00. The molecule has 6 heteroatoms. The quantitative estimate of drug-likeness (QED) is 0.507. The summed E-state index contributed by atoms with van der Waals surface area (Å²) in [5.41, 5.74) is 1.94. The number of thiazole rings is 1. The molecule has 0 aliphatic heterocycles. The monoisotopic (exact) mass is 402 g/mol. The minimum atomic E-state index is -0.578. The van der Waals surface area contributed by atoms with E-state index in [-0.39, 0.29) is 5.91 Å². The molecular weight excluding hydrogens is 380 g/mol. The first-order valence-electron chi connectivity index (χ1n) is 9.14. The van der Waals surface area contributed by atoms with Crippen molar-refractivity contribution in [2.75, 3.05) is 5.32 Å². The van der Waals surface area contributed by atoms with E-state index in [1.807, 2.05) is 37.3 Å². The van der Waals surface area contributed by atoms with E-state index in [4.69, 9.17) is 16.3 Å².